The zero-order chi connectivity index (χ0) is 21.7. The number of hydrogen-bond donors (Lipinski definition) is 2. The number of thioether (sulfide) groups is 1. The first-order valence-corrected chi connectivity index (χ1v) is 10.9. The Balaban J connectivity index is 1.56. The van der Waals surface area contributed by atoms with Crippen LogP contribution in [-0.2, 0) is 5.75 Å². The Kier molecular flexibility index (Phi) is 7.86. The molecule has 154 valence electrons. The van der Waals surface area contributed by atoms with E-state index in [-0.39, 0.29) is 21.4 Å². The van der Waals surface area contributed by atoms with Crippen molar-refractivity contribution in [2.24, 2.45) is 0 Å². The van der Waals surface area contributed by atoms with Crippen molar-refractivity contribution in [3.05, 3.63) is 85.9 Å². The monoisotopic (exact) mass is 499 g/mol. The largest absolute Gasteiger partial charge is 0.327 e. The van der Waals surface area contributed by atoms with Gasteiger partial charge in [-0.2, -0.15) is 0 Å². The second kappa shape index (κ2) is 10.4. The molecule has 0 aliphatic rings. The molecule has 0 radical (unpaired) electrons. The maximum Gasteiger partial charge on any atom is 0.327 e. The molecule has 10 heteroatoms. The molecule has 3 amide bonds. The SMILES string of the molecule is O=C(NC(=O)c1c(Cl)cccc1Cl)Nc1ccc(SCc2ccc(Cl)cc2Cl)cn1. The summed E-state index contributed by atoms with van der Waals surface area (Å²) in [6.45, 7) is 0. The van der Waals surface area contributed by atoms with E-state index in [0.29, 0.717) is 15.8 Å². The first-order chi connectivity index (χ1) is 14.3. The molecule has 0 saturated heterocycles. The standard InChI is InChI=1S/C20H13Cl4N3O2S/c21-12-5-4-11(16(24)8-12)10-30-13-6-7-17(25-9-13)26-20(29)27-19(28)18-14(22)2-1-3-15(18)23/h1-9H,10H2,(H2,25,26,27,28,29). The van der Waals surface area contributed by atoms with Gasteiger partial charge in [-0.05, 0) is 42.0 Å². The molecule has 0 unspecified atom stereocenters. The summed E-state index contributed by atoms with van der Waals surface area (Å²) in [7, 11) is 0. The van der Waals surface area contributed by atoms with E-state index >= 15 is 0 Å². The lowest BCUT2D eigenvalue weighted by Gasteiger charge is -2.09. The van der Waals surface area contributed by atoms with Crippen molar-refractivity contribution in [2.45, 2.75) is 10.6 Å². The van der Waals surface area contributed by atoms with E-state index in [1.807, 2.05) is 6.07 Å². The zero-order valence-corrected chi connectivity index (χ0v) is 18.9. The third-order valence-corrected chi connectivity index (χ3v) is 6.05. The predicted octanol–water partition coefficient (Wildman–Crippen LogP) is 6.95. The average molecular weight is 501 g/mol. The Bertz CT molecular complexity index is 1070. The van der Waals surface area contributed by atoms with Crippen molar-refractivity contribution in [1.29, 1.82) is 0 Å². The number of aromatic nitrogens is 1. The number of halogens is 4. The van der Waals surface area contributed by atoms with Crippen LogP contribution in [0.15, 0.2) is 59.6 Å². The second-order valence-corrected chi connectivity index (χ2v) is 8.62. The maximum absolute atomic E-state index is 12.2. The quantitative estimate of drug-likeness (QED) is 0.372. The number of nitrogens with one attached hydrogen (secondary N) is 2. The second-order valence-electron chi connectivity index (χ2n) is 5.91. The molecule has 0 saturated carbocycles. The van der Waals surface area contributed by atoms with Gasteiger partial charge in [-0.25, -0.2) is 9.78 Å². The number of anilines is 1. The summed E-state index contributed by atoms with van der Waals surface area (Å²) < 4.78 is 0. The number of urea groups is 1. The minimum atomic E-state index is -0.753. The van der Waals surface area contributed by atoms with Gasteiger partial charge in [0.15, 0.2) is 0 Å². The third-order valence-electron chi connectivity index (χ3n) is 3.80. The number of hydrogen-bond acceptors (Lipinski definition) is 4. The van der Waals surface area contributed by atoms with Gasteiger partial charge in [0, 0.05) is 26.9 Å². The molecule has 0 aliphatic carbocycles. The zero-order valence-electron chi connectivity index (χ0n) is 15.1. The highest BCUT2D eigenvalue weighted by atomic mass is 35.5. The van der Waals surface area contributed by atoms with Crippen LogP contribution in [0.2, 0.25) is 20.1 Å². The van der Waals surface area contributed by atoms with E-state index in [4.69, 9.17) is 46.4 Å². The van der Waals surface area contributed by atoms with Crippen molar-refractivity contribution in [3.8, 4) is 0 Å². The van der Waals surface area contributed by atoms with Gasteiger partial charge in [0.25, 0.3) is 5.91 Å². The minimum absolute atomic E-state index is 0.0246. The molecule has 0 aliphatic heterocycles. The van der Waals surface area contributed by atoms with E-state index < -0.39 is 11.9 Å². The average Bonchev–Trinajstić information content (AvgIpc) is 2.68. The fraction of sp³-hybridized carbons (Fsp3) is 0.0500. The smallest absolute Gasteiger partial charge is 0.292 e. The van der Waals surface area contributed by atoms with Gasteiger partial charge < -0.3 is 0 Å². The summed E-state index contributed by atoms with van der Waals surface area (Å²) in [6.07, 6.45) is 1.61. The summed E-state index contributed by atoms with van der Waals surface area (Å²) in [5, 5.41) is 6.13. The van der Waals surface area contributed by atoms with Crippen LogP contribution in [0.1, 0.15) is 15.9 Å². The predicted molar refractivity (Wildman–Crippen MR) is 123 cm³/mol. The summed E-state index contributed by atoms with van der Waals surface area (Å²) in [5.41, 5.74) is 0.973. The van der Waals surface area contributed by atoms with E-state index in [0.717, 1.165) is 10.5 Å². The van der Waals surface area contributed by atoms with Crippen LogP contribution in [0.3, 0.4) is 0 Å². The van der Waals surface area contributed by atoms with Crippen LogP contribution in [0, 0.1) is 0 Å². The molecule has 1 heterocycles. The van der Waals surface area contributed by atoms with Gasteiger partial charge >= 0.3 is 6.03 Å². The molecule has 5 nitrogen and oxygen atoms in total. The molecule has 3 aromatic rings. The molecule has 2 N–H and O–H groups in total. The number of benzene rings is 2. The lowest BCUT2D eigenvalue weighted by atomic mass is 10.2. The van der Waals surface area contributed by atoms with Crippen molar-refractivity contribution < 1.29 is 9.59 Å². The highest BCUT2D eigenvalue weighted by Gasteiger charge is 2.17. The molecule has 30 heavy (non-hydrogen) atoms. The number of amides is 3. The van der Waals surface area contributed by atoms with Crippen molar-refractivity contribution in [3.63, 3.8) is 0 Å². The third kappa shape index (κ3) is 6.03. The van der Waals surface area contributed by atoms with Crippen LogP contribution in [0.4, 0.5) is 10.6 Å². The molecule has 2 aromatic carbocycles. The highest BCUT2D eigenvalue weighted by molar-refractivity contribution is 7.98. The number of pyridine rings is 1. The van der Waals surface area contributed by atoms with E-state index in [2.05, 4.69) is 15.6 Å². The molecule has 1 aromatic heterocycles. The number of carbonyl (C=O) groups is 2. The van der Waals surface area contributed by atoms with Crippen LogP contribution in [0.5, 0.6) is 0 Å². The van der Waals surface area contributed by atoms with Gasteiger partial charge in [0.2, 0.25) is 0 Å². The van der Waals surface area contributed by atoms with Gasteiger partial charge in [0.1, 0.15) is 5.82 Å². The van der Waals surface area contributed by atoms with E-state index in [9.17, 15) is 9.59 Å². The molecule has 0 atom stereocenters. The number of rotatable bonds is 5. The minimum Gasteiger partial charge on any atom is -0.292 e. The molecule has 0 bridgehead atoms. The first-order valence-electron chi connectivity index (χ1n) is 8.42. The Morgan fingerprint density at radius 3 is 2.30 bits per heavy atom. The van der Waals surface area contributed by atoms with Crippen molar-refractivity contribution in [1.82, 2.24) is 10.3 Å². The Hall–Kier alpha value is -1.96. The summed E-state index contributed by atoms with van der Waals surface area (Å²) in [6, 6.07) is 12.6. The molecule has 0 spiro atoms. The fourth-order valence-corrected chi connectivity index (χ4v) is 4.36. The lowest BCUT2D eigenvalue weighted by molar-refractivity contribution is 0.0967. The maximum atomic E-state index is 12.2. The molecule has 3 rings (SSSR count). The van der Waals surface area contributed by atoms with Gasteiger partial charge in [-0.15, -0.1) is 11.8 Å². The normalized spacial score (nSPS) is 10.5. The van der Waals surface area contributed by atoms with Crippen molar-refractivity contribution in [2.75, 3.05) is 5.32 Å². The summed E-state index contributed by atoms with van der Waals surface area (Å²) >= 11 is 25.5. The first kappa shape index (κ1) is 22.7. The molecular weight excluding hydrogens is 488 g/mol. The van der Waals surface area contributed by atoms with Crippen LogP contribution >= 0.6 is 58.2 Å². The lowest BCUT2D eigenvalue weighted by Crippen LogP contribution is -2.34. The van der Waals surface area contributed by atoms with Crippen molar-refractivity contribution >= 4 is 75.9 Å². The summed E-state index contributed by atoms with van der Waals surface area (Å²) in [4.78, 5) is 29.4. The fourth-order valence-electron chi connectivity index (χ4n) is 2.37. The van der Waals surface area contributed by atoms with E-state index in [1.165, 1.54) is 23.9 Å². The Labute approximate surface area is 197 Å². The number of imide groups is 1. The van der Waals surface area contributed by atoms with Gasteiger partial charge in [0.05, 0.1) is 15.6 Å². The van der Waals surface area contributed by atoms with Crippen LogP contribution < -0.4 is 10.6 Å². The van der Waals surface area contributed by atoms with Gasteiger partial charge in [-0.3, -0.25) is 15.4 Å². The van der Waals surface area contributed by atoms with Crippen LogP contribution in [-0.4, -0.2) is 16.9 Å². The number of carbonyl (C=O) groups excluding carboxylic acids is 2. The molecule has 0 fully saturated rings. The van der Waals surface area contributed by atoms with Gasteiger partial charge in [-0.1, -0.05) is 58.5 Å². The Morgan fingerprint density at radius 1 is 0.933 bits per heavy atom. The number of nitrogens with zero attached hydrogens (tertiary/aromatic N) is 1. The Morgan fingerprint density at radius 2 is 1.67 bits per heavy atom. The highest BCUT2D eigenvalue weighted by Crippen LogP contribution is 2.28. The topological polar surface area (TPSA) is 71.1 Å². The molecular formula is C20H13Cl4N3O2S. The van der Waals surface area contributed by atoms with Crippen LogP contribution in [0.25, 0.3) is 0 Å². The summed E-state index contributed by atoms with van der Waals surface area (Å²) in [5.74, 6) is 0.201. The van der Waals surface area contributed by atoms with E-state index in [1.54, 1.807) is 36.5 Å².